The average Bonchev–Trinajstić information content (AvgIpc) is 2.36. The monoisotopic (exact) mass is 262 g/mol. The van der Waals surface area contributed by atoms with Crippen LogP contribution in [0, 0.1) is 29.1 Å². The van der Waals surface area contributed by atoms with Crippen molar-refractivity contribution in [1.82, 2.24) is 0 Å². The Balaban J connectivity index is 2.08. The first-order valence-corrected chi connectivity index (χ1v) is 7.22. The van der Waals surface area contributed by atoms with E-state index in [2.05, 4.69) is 27.4 Å². The number of carbonyl (C=O) groups is 2. The lowest BCUT2D eigenvalue weighted by Gasteiger charge is -2.66. The number of carbonyl (C=O) groups excluding carboxylic acids is 2. The molecule has 5 unspecified atom stereocenters. The molecule has 0 heterocycles. The summed E-state index contributed by atoms with van der Waals surface area (Å²) in [7, 11) is 0. The Hall–Kier alpha value is -1.12. The van der Waals surface area contributed by atoms with Crippen molar-refractivity contribution in [3.05, 3.63) is 12.7 Å². The standard InChI is InChI=1S/C16H22O3/c1-5-13(17)19-16-8-10-6-11(9(16)2)14(18)12(7-10)15(16,3)4/h5,9-12H,1,6-8H2,2-4H3. The summed E-state index contributed by atoms with van der Waals surface area (Å²) in [4.78, 5) is 24.3. The predicted molar refractivity (Wildman–Crippen MR) is 71.3 cm³/mol. The van der Waals surface area contributed by atoms with Gasteiger partial charge in [-0.3, -0.25) is 4.79 Å². The fourth-order valence-electron chi connectivity index (χ4n) is 5.12. The molecule has 0 saturated heterocycles. The van der Waals surface area contributed by atoms with E-state index in [0.717, 1.165) is 19.3 Å². The average molecular weight is 262 g/mol. The van der Waals surface area contributed by atoms with Gasteiger partial charge >= 0.3 is 5.97 Å². The van der Waals surface area contributed by atoms with Crippen LogP contribution in [0.5, 0.6) is 0 Å². The Morgan fingerprint density at radius 3 is 2.74 bits per heavy atom. The summed E-state index contributed by atoms with van der Waals surface area (Å²) in [5.74, 6) is 0.844. The third kappa shape index (κ3) is 1.39. The number of Topliss-reactive ketones (excluding diaryl/α,β-unsaturated/α-hetero) is 1. The molecule has 0 spiro atoms. The Labute approximate surface area is 114 Å². The van der Waals surface area contributed by atoms with Crippen LogP contribution in [0.25, 0.3) is 0 Å². The van der Waals surface area contributed by atoms with E-state index < -0.39 is 5.60 Å². The van der Waals surface area contributed by atoms with Gasteiger partial charge in [0.15, 0.2) is 0 Å². The van der Waals surface area contributed by atoms with Gasteiger partial charge in [-0.1, -0.05) is 27.4 Å². The summed E-state index contributed by atoms with van der Waals surface area (Å²) in [6.45, 7) is 9.78. The molecule has 4 aliphatic carbocycles. The minimum Gasteiger partial charge on any atom is -0.455 e. The molecular formula is C16H22O3. The van der Waals surface area contributed by atoms with E-state index in [4.69, 9.17) is 4.74 Å². The summed E-state index contributed by atoms with van der Waals surface area (Å²) in [6.07, 6.45) is 4.10. The van der Waals surface area contributed by atoms with Crippen LogP contribution < -0.4 is 0 Å². The van der Waals surface area contributed by atoms with E-state index in [1.165, 1.54) is 6.08 Å². The highest BCUT2D eigenvalue weighted by molar-refractivity contribution is 5.88. The van der Waals surface area contributed by atoms with Crippen LogP contribution in [0.4, 0.5) is 0 Å². The second-order valence-electron chi connectivity index (χ2n) is 7.13. The Morgan fingerprint density at radius 2 is 2.11 bits per heavy atom. The van der Waals surface area contributed by atoms with Gasteiger partial charge in [0.05, 0.1) is 0 Å². The van der Waals surface area contributed by atoms with Crippen LogP contribution in [0.1, 0.15) is 40.0 Å². The van der Waals surface area contributed by atoms with Crippen molar-refractivity contribution in [3.63, 3.8) is 0 Å². The van der Waals surface area contributed by atoms with Crippen molar-refractivity contribution in [2.45, 2.75) is 45.6 Å². The van der Waals surface area contributed by atoms with Crippen LogP contribution in [0.15, 0.2) is 12.7 Å². The van der Waals surface area contributed by atoms with Crippen LogP contribution in [-0.4, -0.2) is 17.4 Å². The van der Waals surface area contributed by atoms with Crippen molar-refractivity contribution in [2.75, 3.05) is 0 Å². The number of esters is 1. The molecule has 4 saturated carbocycles. The highest BCUT2D eigenvalue weighted by Gasteiger charge is 2.70. The molecule has 4 bridgehead atoms. The summed E-state index contributed by atoms with van der Waals surface area (Å²) >= 11 is 0. The molecule has 0 aromatic heterocycles. The SMILES string of the molecule is C=CC(=O)OC12CC3CC(C(=O)C(C3)C1(C)C)C2C. The van der Waals surface area contributed by atoms with E-state index in [9.17, 15) is 9.59 Å². The highest BCUT2D eigenvalue weighted by Crippen LogP contribution is 2.66. The maximum absolute atomic E-state index is 12.5. The number of ether oxygens (including phenoxy) is 1. The molecule has 3 nitrogen and oxygen atoms in total. The maximum atomic E-state index is 12.5. The molecule has 4 fully saturated rings. The number of hydrogen-bond donors (Lipinski definition) is 0. The molecule has 104 valence electrons. The molecular weight excluding hydrogens is 240 g/mol. The first-order valence-electron chi connectivity index (χ1n) is 7.22. The van der Waals surface area contributed by atoms with Gasteiger partial charge in [-0.2, -0.15) is 0 Å². The molecule has 19 heavy (non-hydrogen) atoms. The molecule has 4 rings (SSSR count). The van der Waals surface area contributed by atoms with Crippen molar-refractivity contribution in [2.24, 2.45) is 29.1 Å². The highest BCUT2D eigenvalue weighted by atomic mass is 16.6. The molecule has 0 N–H and O–H groups in total. The van der Waals surface area contributed by atoms with Gasteiger partial charge in [-0.05, 0) is 25.2 Å². The third-order valence-corrected chi connectivity index (χ3v) is 6.21. The summed E-state index contributed by atoms with van der Waals surface area (Å²) in [6, 6.07) is 0. The zero-order valence-corrected chi connectivity index (χ0v) is 11.9. The third-order valence-electron chi connectivity index (χ3n) is 6.21. The first-order chi connectivity index (χ1) is 8.83. The van der Waals surface area contributed by atoms with Gasteiger partial charge in [0.2, 0.25) is 0 Å². The molecule has 0 aromatic carbocycles. The first kappa shape index (κ1) is 12.9. The topological polar surface area (TPSA) is 43.4 Å². The normalized spacial score (nSPS) is 46.2. The molecule has 0 aromatic rings. The molecule has 4 aliphatic rings. The molecule has 3 heteroatoms. The zero-order chi connectivity index (χ0) is 14.0. The number of hydrogen-bond acceptors (Lipinski definition) is 3. The van der Waals surface area contributed by atoms with Gasteiger partial charge in [-0.25, -0.2) is 4.79 Å². The Bertz CT molecular complexity index is 465. The van der Waals surface area contributed by atoms with Crippen molar-refractivity contribution < 1.29 is 14.3 Å². The summed E-state index contributed by atoms with van der Waals surface area (Å²) < 4.78 is 5.87. The maximum Gasteiger partial charge on any atom is 0.330 e. The molecule has 5 atom stereocenters. The zero-order valence-electron chi connectivity index (χ0n) is 11.9. The molecule has 0 radical (unpaired) electrons. The lowest BCUT2D eigenvalue weighted by Crippen LogP contribution is -2.71. The van der Waals surface area contributed by atoms with Gasteiger partial charge < -0.3 is 4.74 Å². The van der Waals surface area contributed by atoms with Crippen molar-refractivity contribution in [1.29, 1.82) is 0 Å². The molecule has 0 amide bonds. The fourth-order valence-corrected chi connectivity index (χ4v) is 5.12. The Kier molecular flexibility index (Phi) is 2.52. The van der Waals surface area contributed by atoms with Crippen molar-refractivity contribution in [3.8, 4) is 0 Å². The van der Waals surface area contributed by atoms with E-state index in [0.29, 0.717) is 11.7 Å². The van der Waals surface area contributed by atoms with Gasteiger partial charge in [0.25, 0.3) is 0 Å². The summed E-state index contributed by atoms with van der Waals surface area (Å²) in [5.41, 5.74) is -0.752. The quantitative estimate of drug-likeness (QED) is 0.567. The van der Waals surface area contributed by atoms with Gasteiger partial charge in [-0.15, -0.1) is 0 Å². The lowest BCUT2D eigenvalue weighted by atomic mass is 9.40. The van der Waals surface area contributed by atoms with Gasteiger partial charge in [0, 0.05) is 29.2 Å². The number of ketones is 1. The summed E-state index contributed by atoms with van der Waals surface area (Å²) in [5, 5.41) is 0. The predicted octanol–water partition coefficient (Wildman–Crippen LogP) is 2.75. The van der Waals surface area contributed by atoms with Crippen LogP contribution >= 0.6 is 0 Å². The van der Waals surface area contributed by atoms with E-state index in [1.54, 1.807) is 0 Å². The Morgan fingerprint density at radius 1 is 1.42 bits per heavy atom. The minimum atomic E-state index is -0.483. The van der Waals surface area contributed by atoms with E-state index in [1.807, 2.05) is 0 Å². The largest absolute Gasteiger partial charge is 0.455 e. The van der Waals surface area contributed by atoms with Crippen LogP contribution in [0.2, 0.25) is 0 Å². The van der Waals surface area contributed by atoms with E-state index >= 15 is 0 Å². The second kappa shape index (κ2) is 3.71. The fraction of sp³-hybridized carbons (Fsp3) is 0.750. The van der Waals surface area contributed by atoms with Gasteiger partial charge in [0.1, 0.15) is 11.4 Å². The second-order valence-corrected chi connectivity index (χ2v) is 7.13. The van der Waals surface area contributed by atoms with Crippen molar-refractivity contribution >= 4 is 11.8 Å². The van der Waals surface area contributed by atoms with Crippen LogP contribution in [0.3, 0.4) is 0 Å². The lowest BCUT2D eigenvalue weighted by molar-refractivity contribution is -0.247. The minimum absolute atomic E-state index is 0.0545. The van der Waals surface area contributed by atoms with E-state index in [-0.39, 0.29) is 29.1 Å². The van der Waals surface area contributed by atoms with Crippen LogP contribution in [-0.2, 0) is 14.3 Å². The molecule has 0 aliphatic heterocycles. The number of rotatable bonds is 2. The smallest absolute Gasteiger partial charge is 0.330 e.